The van der Waals surface area contributed by atoms with Crippen molar-refractivity contribution >= 4 is 58.7 Å². The first-order chi connectivity index (χ1) is 29.8. The Morgan fingerprint density at radius 2 is 1.40 bits per heavy atom. The molecule has 1 aliphatic carbocycles. The number of para-hydroxylation sites is 1. The van der Waals surface area contributed by atoms with Crippen LogP contribution in [0.15, 0.2) is 84.9 Å². The van der Waals surface area contributed by atoms with Crippen LogP contribution in [-0.4, -0.2) is 95.2 Å². The number of hydrogen-bond acceptors (Lipinski definition) is 9. The number of Topliss-reactive ketones (excluding diaryl/α,β-unsaturated/α-hetero) is 2. The third kappa shape index (κ3) is 12.3. The van der Waals surface area contributed by atoms with E-state index in [1.165, 1.54) is 24.0 Å². The van der Waals surface area contributed by atoms with Crippen molar-refractivity contribution in [1.82, 2.24) is 31.5 Å². The lowest BCUT2D eigenvalue weighted by molar-refractivity contribution is -0.143. The Hall–Kier alpha value is -6.91. The Labute approximate surface area is 359 Å². The number of hydrogen-bond donors (Lipinski definition) is 7. The van der Waals surface area contributed by atoms with Crippen molar-refractivity contribution in [2.45, 2.75) is 95.4 Å². The van der Waals surface area contributed by atoms with Gasteiger partial charge in [-0.05, 0) is 62.3 Å². The largest absolute Gasteiger partial charge is 0.368 e. The van der Waals surface area contributed by atoms with Crippen LogP contribution in [0, 0.1) is 5.92 Å². The molecule has 1 saturated carbocycles. The lowest BCUT2D eigenvalue weighted by Gasteiger charge is -2.35. The Balaban J connectivity index is 1.34. The molecule has 0 aromatic heterocycles. The Bertz CT molecular complexity index is 2130. The van der Waals surface area contributed by atoms with Crippen molar-refractivity contribution in [3.63, 3.8) is 0 Å². The number of carbonyl (C=O) groups excluding carboxylic acids is 9. The summed E-state index contributed by atoms with van der Waals surface area (Å²) < 4.78 is 0. The van der Waals surface area contributed by atoms with Crippen LogP contribution in [-0.2, 0) is 28.8 Å². The molecule has 17 nitrogen and oxygen atoms in total. The summed E-state index contributed by atoms with van der Waals surface area (Å²) in [5.74, 6) is -6.46. The minimum atomic E-state index is -1.36. The normalized spacial score (nSPS) is 17.6. The molecule has 62 heavy (non-hydrogen) atoms. The molecule has 328 valence electrons. The quantitative estimate of drug-likeness (QED) is 0.0733. The Morgan fingerprint density at radius 3 is 2.03 bits per heavy atom. The average Bonchev–Trinajstić information content (AvgIpc) is 3.70. The summed E-state index contributed by atoms with van der Waals surface area (Å²) >= 11 is 0. The second-order valence-corrected chi connectivity index (χ2v) is 15.6. The molecular formula is C45H54N8O9. The van der Waals surface area contributed by atoms with Crippen molar-refractivity contribution in [2.24, 2.45) is 11.7 Å². The minimum Gasteiger partial charge on any atom is -0.368 e. The van der Waals surface area contributed by atoms with E-state index in [2.05, 4.69) is 31.9 Å². The lowest BCUT2D eigenvalue weighted by atomic mass is 9.83. The standard InChI is InChI=1S/C45H54N8O9/c1-3-15-34(39(56)43(60)47-25-36(55)51-37(40(46)57)28-16-7-4-8-17-28)50-42(59)35-24-31(49-45(62)48-30-20-11-6-12-21-30)26-53(35)44(61)38(29-18-9-5-10-19-29)52-41(58)33-23-14-13-22-32(33)27(2)54/h4,6-8,11-14,16-17,20-23,29,31,34-35,37-38H,3,5,9-10,15,18-19,24-26H2,1-2H3,(H2,46,57)(H,47,60)(H,50,59)(H,51,55)(H,52,58)(H2,48,49,62)/t31-,34?,35+,37+,38+/m1/s1. The lowest BCUT2D eigenvalue weighted by Crippen LogP contribution is -2.58. The molecule has 3 aromatic rings. The van der Waals surface area contributed by atoms with Gasteiger partial charge in [0.15, 0.2) is 5.78 Å². The van der Waals surface area contributed by atoms with E-state index < -0.39 is 84.0 Å². The fourth-order valence-electron chi connectivity index (χ4n) is 7.95. The van der Waals surface area contributed by atoms with Crippen molar-refractivity contribution in [3.05, 3.63) is 102 Å². The zero-order chi connectivity index (χ0) is 44.8. The van der Waals surface area contributed by atoms with E-state index in [0.29, 0.717) is 30.5 Å². The zero-order valence-electron chi connectivity index (χ0n) is 34.8. The van der Waals surface area contributed by atoms with E-state index in [1.54, 1.807) is 79.7 Å². The highest BCUT2D eigenvalue weighted by Crippen LogP contribution is 2.30. The highest BCUT2D eigenvalue weighted by atomic mass is 16.2. The van der Waals surface area contributed by atoms with E-state index in [-0.39, 0.29) is 42.2 Å². The van der Waals surface area contributed by atoms with Crippen LogP contribution in [0.25, 0.3) is 0 Å². The fourth-order valence-corrected chi connectivity index (χ4v) is 7.95. The average molecular weight is 851 g/mol. The smallest absolute Gasteiger partial charge is 0.319 e. The van der Waals surface area contributed by atoms with Crippen molar-refractivity contribution in [2.75, 3.05) is 18.4 Å². The summed E-state index contributed by atoms with van der Waals surface area (Å²) in [4.78, 5) is 121. The van der Waals surface area contributed by atoms with Crippen LogP contribution in [0.3, 0.4) is 0 Å². The number of urea groups is 1. The molecule has 5 rings (SSSR count). The monoisotopic (exact) mass is 850 g/mol. The molecule has 0 bridgehead atoms. The van der Waals surface area contributed by atoms with Crippen molar-refractivity contribution in [1.29, 1.82) is 0 Å². The first kappa shape index (κ1) is 46.2. The van der Waals surface area contributed by atoms with Gasteiger partial charge in [0.25, 0.3) is 11.8 Å². The van der Waals surface area contributed by atoms with Crippen molar-refractivity contribution in [3.8, 4) is 0 Å². The molecule has 3 aromatic carbocycles. The summed E-state index contributed by atoms with van der Waals surface area (Å²) in [5.41, 5.74) is 6.70. The van der Waals surface area contributed by atoms with Gasteiger partial charge in [0.2, 0.25) is 29.4 Å². The second-order valence-electron chi connectivity index (χ2n) is 15.6. The molecule has 2 aliphatic rings. The molecule has 1 aliphatic heterocycles. The first-order valence-electron chi connectivity index (χ1n) is 20.9. The molecule has 8 N–H and O–H groups in total. The second kappa shape index (κ2) is 22.1. The number of rotatable bonds is 18. The third-order valence-electron chi connectivity index (χ3n) is 11.0. The van der Waals surface area contributed by atoms with Gasteiger partial charge in [-0.1, -0.05) is 99.3 Å². The molecular weight excluding hydrogens is 797 g/mol. The van der Waals surface area contributed by atoms with Gasteiger partial charge in [-0.3, -0.25) is 38.4 Å². The number of primary amides is 1. The number of nitrogens with two attached hydrogens (primary N) is 1. The van der Waals surface area contributed by atoms with Crippen LogP contribution in [0.1, 0.15) is 97.5 Å². The Kier molecular flexibility index (Phi) is 16.4. The van der Waals surface area contributed by atoms with Gasteiger partial charge >= 0.3 is 6.03 Å². The van der Waals surface area contributed by atoms with E-state index in [1.807, 2.05) is 0 Å². The topological polar surface area (TPSA) is 255 Å². The first-order valence-corrected chi connectivity index (χ1v) is 20.9. The van der Waals surface area contributed by atoms with Gasteiger partial charge in [0.1, 0.15) is 18.1 Å². The molecule has 1 unspecified atom stereocenters. The number of likely N-dealkylation sites (tertiary alicyclic amines) is 1. The van der Waals surface area contributed by atoms with Gasteiger partial charge in [0.05, 0.1) is 24.2 Å². The Morgan fingerprint density at radius 1 is 0.774 bits per heavy atom. The summed E-state index contributed by atoms with van der Waals surface area (Å²) in [5, 5.41) is 15.8. The minimum absolute atomic E-state index is 0.0279. The van der Waals surface area contributed by atoms with Gasteiger partial charge in [-0.25, -0.2) is 4.79 Å². The predicted octanol–water partition coefficient (Wildman–Crippen LogP) is 2.67. The number of nitrogens with zero attached hydrogens (tertiary/aromatic N) is 1. The van der Waals surface area contributed by atoms with Crippen molar-refractivity contribution < 1.29 is 43.2 Å². The summed E-state index contributed by atoms with van der Waals surface area (Å²) in [6, 6.07) is 16.9. The van der Waals surface area contributed by atoms with E-state index in [0.717, 1.165) is 19.3 Å². The molecule has 8 amide bonds. The highest BCUT2D eigenvalue weighted by Gasteiger charge is 2.45. The predicted molar refractivity (Wildman–Crippen MR) is 228 cm³/mol. The fraction of sp³-hybridized carbons (Fsp3) is 0.400. The van der Waals surface area contributed by atoms with Crippen LogP contribution in [0.5, 0.6) is 0 Å². The van der Waals surface area contributed by atoms with Gasteiger partial charge in [-0.2, -0.15) is 0 Å². The van der Waals surface area contributed by atoms with Gasteiger partial charge in [-0.15, -0.1) is 0 Å². The zero-order valence-corrected chi connectivity index (χ0v) is 34.8. The molecule has 0 spiro atoms. The molecule has 17 heteroatoms. The van der Waals surface area contributed by atoms with Gasteiger partial charge < -0.3 is 42.5 Å². The van der Waals surface area contributed by atoms with Crippen LogP contribution >= 0.6 is 0 Å². The summed E-state index contributed by atoms with van der Waals surface area (Å²) in [7, 11) is 0. The third-order valence-corrected chi connectivity index (χ3v) is 11.0. The number of nitrogens with one attached hydrogen (secondary N) is 6. The van der Waals surface area contributed by atoms with E-state index in [9.17, 15) is 43.2 Å². The maximum atomic E-state index is 14.8. The number of anilines is 1. The molecule has 1 saturated heterocycles. The SMILES string of the molecule is CCCC(NC(=O)[C@@H]1C[C@@H](NC(=O)Nc2ccccc2)CN1C(=O)[C@@H](NC(=O)c1ccccc1C(C)=O)C1CCCCC1)C(=O)C(=O)NCC(=O)N[C@H](C(N)=O)c1ccccc1. The number of carbonyl (C=O) groups is 9. The highest BCUT2D eigenvalue weighted by molar-refractivity contribution is 6.38. The number of benzene rings is 3. The van der Waals surface area contributed by atoms with Crippen LogP contribution < -0.4 is 37.6 Å². The maximum absolute atomic E-state index is 14.8. The van der Waals surface area contributed by atoms with Gasteiger partial charge in [0, 0.05) is 17.8 Å². The molecule has 1 heterocycles. The van der Waals surface area contributed by atoms with Crippen LogP contribution in [0.2, 0.25) is 0 Å². The summed E-state index contributed by atoms with van der Waals surface area (Å²) in [6.07, 6.45) is 4.12. The number of amides is 8. The van der Waals surface area contributed by atoms with E-state index >= 15 is 0 Å². The molecule has 0 radical (unpaired) electrons. The molecule has 2 fully saturated rings. The molecule has 5 atom stereocenters. The number of ketones is 2. The van der Waals surface area contributed by atoms with E-state index in [4.69, 9.17) is 5.73 Å². The maximum Gasteiger partial charge on any atom is 0.319 e. The summed E-state index contributed by atoms with van der Waals surface area (Å²) in [6.45, 7) is 2.28. The van der Waals surface area contributed by atoms with Crippen LogP contribution in [0.4, 0.5) is 10.5 Å².